The number of aromatic nitrogens is 1. The van der Waals surface area contributed by atoms with E-state index in [0.29, 0.717) is 31.9 Å². The molecule has 4 N–H and O–H groups in total. The molecule has 0 saturated carbocycles. The minimum atomic E-state index is -0.530. The third-order valence-electron chi connectivity index (χ3n) is 5.18. The smallest absolute Gasteiger partial charge is 0.274 e. The zero-order valence-electron chi connectivity index (χ0n) is 17.4. The molecule has 2 fully saturated rings. The van der Waals surface area contributed by atoms with Crippen molar-refractivity contribution in [1.82, 2.24) is 25.8 Å². The lowest BCUT2D eigenvalue weighted by Gasteiger charge is -2.27. The first kappa shape index (κ1) is 21.3. The Morgan fingerprint density at radius 3 is 2.70 bits per heavy atom. The van der Waals surface area contributed by atoms with Crippen LogP contribution in [0, 0.1) is 10.8 Å². The normalized spacial score (nSPS) is 18.8. The van der Waals surface area contributed by atoms with Crippen LogP contribution in [0.15, 0.2) is 30.1 Å². The van der Waals surface area contributed by atoms with Gasteiger partial charge in [0.05, 0.1) is 12.2 Å². The number of pyridine rings is 1. The average Bonchev–Trinajstić information content (AvgIpc) is 3.00. The molecule has 3 heterocycles. The number of carbonyl (C=O) groups excluding carboxylic acids is 3. The van der Waals surface area contributed by atoms with Gasteiger partial charge >= 0.3 is 0 Å². The molecular weight excluding hydrogens is 386 g/mol. The summed E-state index contributed by atoms with van der Waals surface area (Å²) in [6.45, 7) is 5.42. The highest BCUT2D eigenvalue weighted by molar-refractivity contribution is 6.10. The van der Waals surface area contributed by atoms with E-state index in [1.807, 2.05) is 13.8 Å². The molecule has 2 saturated heterocycles. The van der Waals surface area contributed by atoms with Crippen LogP contribution in [0.2, 0.25) is 0 Å². The molecule has 1 aromatic heterocycles. The van der Waals surface area contributed by atoms with E-state index >= 15 is 0 Å². The molecule has 0 atom stereocenters. The minimum Gasteiger partial charge on any atom is -0.392 e. The molecule has 10 heteroatoms. The molecule has 2 aliphatic heterocycles. The third-order valence-corrected chi connectivity index (χ3v) is 5.18. The second-order valence-electron chi connectivity index (χ2n) is 7.89. The van der Waals surface area contributed by atoms with Crippen LogP contribution in [0.3, 0.4) is 0 Å². The van der Waals surface area contributed by atoms with E-state index in [1.54, 1.807) is 30.1 Å². The number of anilines is 1. The molecule has 10 nitrogen and oxygen atoms in total. The second kappa shape index (κ2) is 8.52. The number of nitrogens with zero attached hydrogens (tertiary/aromatic N) is 3. The van der Waals surface area contributed by atoms with Crippen molar-refractivity contribution >= 4 is 29.4 Å². The fraction of sp³-hybridized carbons (Fsp3) is 0.450. The Morgan fingerprint density at radius 1 is 1.30 bits per heavy atom. The van der Waals surface area contributed by atoms with Crippen LogP contribution in [0.25, 0.3) is 0 Å². The monoisotopic (exact) mass is 413 g/mol. The molecule has 0 unspecified atom stereocenters. The zero-order chi connectivity index (χ0) is 21.9. The van der Waals surface area contributed by atoms with Gasteiger partial charge in [-0.1, -0.05) is 19.9 Å². The zero-order valence-corrected chi connectivity index (χ0v) is 17.4. The van der Waals surface area contributed by atoms with Crippen molar-refractivity contribution in [3.8, 4) is 0 Å². The number of likely N-dealkylation sites (tertiary alicyclic amines) is 1. The van der Waals surface area contributed by atoms with Crippen molar-refractivity contribution in [2.24, 2.45) is 5.41 Å². The summed E-state index contributed by atoms with van der Waals surface area (Å²) in [6.07, 6.45) is 2.11. The Hall–Kier alpha value is -3.43. The minimum absolute atomic E-state index is 0.0721. The Kier molecular flexibility index (Phi) is 6.04. The first-order valence-corrected chi connectivity index (χ1v) is 9.81. The summed E-state index contributed by atoms with van der Waals surface area (Å²) in [5.41, 5.74) is -0.197. The van der Waals surface area contributed by atoms with Crippen molar-refractivity contribution in [2.75, 3.05) is 38.1 Å². The molecule has 3 amide bonds. The molecule has 0 aliphatic carbocycles. The summed E-state index contributed by atoms with van der Waals surface area (Å²) in [4.78, 5) is 44.5. The summed E-state index contributed by atoms with van der Waals surface area (Å²) in [5.74, 6) is -0.285. The van der Waals surface area contributed by atoms with Gasteiger partial charge in [0.15, 0.2) is 5.84 Å². The number of hydrogen-bond donors (Lipinski definition) is 4. The van der Waals surface area contributed by atoms with E-state index in [2.05, 4.69) is 20.9 Å². The van der Waals surface area contributed by atoms with Crippen LogP contribution in [-0.4, -0.2) is 66.7 Å². The summed E-state index contributed by atoms with van der Waals surface area (Å²) in [6, 6.07) is 5.00. The predicted octanol–water partition coefficient (Wildman–Crippen LogP) is 0.0442. The summed E-state index contributed by atoms with van der Waals surface area (Å²) >= 11 is 0. The number of carbonyl (C=O) groups is 3. The SMILES string of the molecule is CN/C=C(/NC(=O)c1cccc(N2CCNC(=O)C2)n1)C(=N)N1CCC(C)(C)C1=O. The first-order valence-electron chi connectivity index (χ1n) is 9.81. The van der Waals surface area contributed by atoms with Crippen LogP contribution in [-0.2, 0) is 9.59 Å². The topological polar surface area (TPSA) is 131 Å². The van der Waals surface area contributed by atoms with E-state index < -0.39 is 11.3 Å². The third kappa shape index (κ3) is 4.42. The molecule has 160 valence electrons. The lowest BCUT2D eigenvalue weighted by atomic mass is 9.92. The number of rotatable bonds is 5. The van der Waals surface area contributed by atoms with Gasteiger partial charge in [-0.15, -0.1) is 0 Å². The summed E-state index contributed by atoms with van der Waals surface area (Å²) in [5, 5.41) is 16.7. The lowest BCUT2D eigenvalue weighted by molar-refractivity contribution is -0.131. The number of piperazine rings is 1. The van der Waals surface area contributed by atoms with Gasteiger partial charge < -0.3 is 20.9 Å². The van der Waals surface area contributed by atoms with E-state index in [-0.39, 0.29) is 35.6 Å². The van der Waals surface area contributed by atoms with Crippen LogP contribution in [0.1, 0.15) is 30.8 Å². The largest absolute Gasteiger partial charge is 0.392 e. The number of amidine groups is 1. The Balaban J connectivity index is 1.75. The molecule has 0 aromatic carbocycles. The molecule has 3 rings (SSSR count). The maximum atomic E-state index is 12.8. The molecule has 0 spiro atoms. The van der Waals surface area contributed by atoms with Gasteiger partial charge in [0.2, 0.25) is 11.8 Å². The van der Waals surface area contributed by atoms with E-state index in [9.17, 15) is 14.4 Å². The highest BCUT2D eigenvalue weighted by atomic mass is 16.2. The van der Waals surface area contributed by atoms with Crippen molar-refractivity contribution in [1.29, 1.82) is 5.41 Å². The number of nitrogens with one attached hydrogen (secondary N) is 4. The van der Waals surface area contributed by atoms with Crippen molar-refractivity contribution in [2.45, 2.75) is 20.3 Å². The van der Waals surface area contributed by atoms with Gasteiger partial charge in [0, 0.05) is 38.3 Å². The first-order chi connectivity index (χ1) is 14.2. The fourth-order valence-electron chi connectivity index (χ4n) is 3.38. The number of hydrogen-bond acceptors (Lipinski definition) is 7. The number of amides is 3. The molecule has 0 radical (unpaired) electrons. The Labute approximate surface area is 175 Å². The molecular formula is C20H27N7O3. The quantitative estimate of drug-likeness (QED) is 0.398. The van der Waals surface area contributed by atoms with Crippen LogP contribution in [0.4, 0.5) is 5.82 Å². The van der Waals surface area contributed by atoms with Gasteiger partial charge in [-0.25, -0.2) is 4.98 Å². The molecule has 2 aliphatic rings. The van der Waals surface area contributed by atoms with Gasteiger partial charge in [-0.2, -0.15) is 0 Å². The highest BCUT2D eigenvalue weighted by Crippen LogP contribution is 2.31. The Morgan fingerprint density at radius 2 is 2.07 bits per heavy atom. The summed E-state index contributed by atoms with van der Waals surface area (Å²) < 4.78 is 0. The van der Waals surface area contributed by atoms with Crippen LogP contribution >= 0.6 is 0 Å². The maximum Gasteiger partial charge on any atom is 0.274 e. The highest BCUT2D eigenvalue weighted by Gasteiger charge is 2.41. The predicted molar refractivity (Wildman–Crippen MR) is 112 cm³/mol. The van der Waals surface area contributed by atoms with E-state index in [1.165, 1.54) is 11.1 Å². The van der Waals surface area contributed by atoms with Gasteiger partial charge in [0.25, 0.3) is 5.91 Å². The van der Waals surface area contributed by atoms with Gasteiger partial charge in [-0.3, -0.25) is 24.7 Å². The van der Waals surface area contributed by atoms with Crippen molar-refractivity contribution in [3.63, 3.8) is 0 Å². The van der Waals surface area contributed by atoms with Crippen molar-refractivity contribution < 1.29 is 14.4 Å². The maximum absolute atomic E-state index is 12.8. The molecule has 0 bridgehead atoms. The van der Waals surface area contributed by atoms with E-state index in [0.717, 1.165) is 0 Å². The fourth-order valence-corrected chi connectivity index (χ4v) is 3.38. The molecule has 1 aromatic rings. The van der Waals surface area contributed by atoms with Gasteiger partial charge in [0.1, 0.15) is 11.5 Å². The second-order valence-corrected chi connectivity index (χ2v) is 7.89. The molecule has 30 heavy (non-hydrogen) atoms. The van der Waals surface area contributed by atoms with Crippen molar-refractivity contribution in [3.05, 3.63) is 35.8 Å². The lowest BCUT2D eigenvalue weighted by Crippen LogP contribution is -2.48. The van der Waals surface area contributed by atoms with E-state index in [4.69, 9.17) is 5.41 Å². The standard InChI is InChI=1S/C20H27N7O3/c1-20(2)7-9-27(19(20)30)17(21)14(11-22-3)25-18(29)13-5-4-6-15(24-13)26-10-8-23-16(28)12-26/h4-6,11,21-22H,7-10,12H2,1-3H3,(H,23,28)(H,25,29)/b14-11+,21-17?. The van der Waals surface area contributed by atoms with Crippen LogP contribution < -0.4 is 20.9 Å². The average molecular weight is 413 g/mol. The summed E-state index contributed by atoms with van der Waals surface area (Å²) in [7, 11) is 1.65. The van der Waals surface area contributed by atoms with Crippen LogP contribution in [0.5, 0.6) is 0 Å². The van der Waals surface area contributed by atoms with Gasteiger partial charge in [-0.05, 0) is 18.6 Å². The Bertz CT molecular complexity index is 909.